The minimum atomic E-state index is 0.556. The van der Waals surface area contributed by atoms with E-state index in [1.807, 2.05) is 24.3 Å². The fourth-order valence-corrected chi connectivity index (χ4v) is 2.26. The number of unbranched alkanes of at least 4 members (excludes halogenated alkanes) is 2. The topological polar surface area (TPSA) is 49.8 Å². The predicted octanol–water partition coefficient (Wildman–Crippen LogP) is 4.81. The second-order valence-corrected chi connectivity index (χ2v) is 6.24. The Morgan fingerprint density at radius 3 is 2.48 bits per heavy atom. The molecule has 0 aliphatic carbocycles. The van der Waals surface area contributed by atoms with Crippen molar-refractivity contribution in [2.75, 3.05) is 23.7 Å². The van der Waals surface area contributed by atoms with Crippen molar-refractivity contribution < 1.29 is 0 Å². The van der Waals surface area contributed by atoms with Gasteiger partial charge in [0.15, 0.2) is 0 Å². The third kappa shape index (κ3) is 5.89. The molecule has 0 spiro atoms. The van der Waals surface area contributed by atoms with Gasteiger partial charge in [0.25, 0.3) is 0 Å². The summed E-state index contributed by atoms with van der Waals surface area (Å²) in [5.41, 5.74) is 2.06. The number of hydrogen-bond acceptors (Lipinski definition) is 4. The Hall–Kier alpha value is -2.10. The molecule has 0 saturated carbocycles. The van der Waals surface area contributed by atoms with Gasteiger partial charge in [0.1, 0.15) is 5.82 Å². The number of nitrogens with one attached hydrogen (secondary N) is 2. The normalized spacial score (nSPS) is 10.8. The number of hydrogen-bond donors (Lipinski definition) is 2. The van der Waals surface area contributed by atoms with Crippen LogP contribution in [0.2, 0.25) is 0 Å². The summed E-state index contributed by atoms with van der Waals surface area (Å²) in [6.45, 7) is 8.39. The van der Waals surface area contributed by atoms with Crippen LogP contribution >= 0.6 is 0 Å². The van der Waals surface area contributed by atoms with Crippen molar-refractivity contribution in [3.05, 3.63) is 36.4 Å². The molecule has 1 aromatic carbocycles. The molecule has 23 heavy (non-hydrogen) atoms. The van der Waals surface area contributed by atoms with E-state index in [0.29, 0.717) is 11.9 Å². The molecule has 2 N–H and O–H groups in total. The van der Waals surface area contributed by atoms with Gasteiger partial charge in [-0.25, -0.2) is 4.98 Å². The standard InChI is InChI=1S/C19H28N4/c1-4-5-9-12-20-18-13-17(16-10-7-6-8-11-16)22-19(23-18)21-14-15(2)3/h6-8,10-11,13,15H,4-5,9,12,14H2,1-3H3,(H2,20,21,22,23). The first-order chi connectivity index (χ1) is 11.2. The summed E-state index contributed by atoms with van der Waals surface area (Å²) in [5.74, 6) is 2.14. The van der Waals surface area contributed by atoms with Crippen LogP contribution in [-0.2, 0) is 0 Å². The zero-order chi connectivity index (χ0) is 16.5. The Bertz CT molecular complexity index is 581. The van der Waals surface area contributed by atoms with E-state index in [9.17, 15) is 0 Å². The van der Waals surface area contributed by atoms with Crippen LogP contribution in [0.15, 0.2) is 36.4 Å². The van der Waals surface area contributed by atoms with Crippen molar-refractivity contribution >= 4 is 11.8 Å². The molecule has 0 radical (unpaired) electrons. The first-order valence-electron chi connectivity index (χ1n) is 8.61. The number of anilines is 2. The Morgan fingerprint density at radius 2 is 1.78 bits per heavy atom. The lowest BCUT2D eigenvalue weighted by atomic mass is 10.1. The lowest BCUT2D eigenvalue weighted by Gasteiger charge is -2.12. The van der Waals surface area contributed by atoms with Gasteiger partial charge in [-0.05, 0) is 12.3 Å². The van der Waals surface area contributed by atoms with E-state index < -0.39 is 0 Å². The number of nitrogens with zero attached hydrogens (tertiary/aromatic N) is 2. The lowest BCUT2D eigenvalue weighted by molar-refractivity contribution is 0.684. The van der Waals surface area contributed by atoms with Crippen molar-refractivity contribution in [2.45, 2.75) is 40.0 Å². The SMILES string of the molecule is CCCCCNc1cc(-c2ccccc2)nc(NCC(C)C)n1. The zero-order valence-corrected chi connectivity index (χ0v) is 14.5. The third-order valence-electron chi connectivity index (χ3n) is 3.55. The highest BCUT2D eigenvalue weighted by Gasteiger charge is 2.07. The van der Waals surface area contributed by atoms with Gasteiger partial charge in [-0.3, -0.25) is 0 Å². The molecule has 0 aliphatic rings. The van der Waals surface area contributed by atoms with Gasteiger partial charge >= 0.3 is 0 Å². The number of benzene rings is 1. The molecular formula is C19H28N4. The van der Waals surface area contributed by atoms with Crippen LogP contribution < -0.4 is 10.6 Å². The van der Waals surface area contributed by atoms with E-state index in [1.54, 1.807) is 0 Å². The Morgan fingerprint density at radius 1 is 1.00 bits per heavy atom. The summed E-state index contributed by atoms with van der Waals surface area (Å²) in [5, 5.41) is 6.76. The van der Waals surface area contributed by atoms with Gasteiger partial charge in [0.2, 0.25) is 5.95 Å². The van der Waals surface area contributed by atoms with Crippen LogP contribution in [0.4, 0.5) is 11.8 Å². The molecule has 4 heteroatoms. The summed E-state index contributed by atoms with van der Waals surface area (Å²) in [7, 11) is 0. The summed E-state index contributed by atoms with van der Waals surface area (Å²) < 4.78 is 0. The highest BCUT2D eigenvalue weighted by Crippen LogP contribution is 2.21. The van der Waals surface area contributed by atoms with Crippen molar-refractivity contribution in [3.63, 3.8) is 0 Å². The quantitative estimate of drug-likeness (QED) is 0.652. The Balaban J connectivity index is 2.17. The maximum Gasteiger partial charge on any atom is 0.225 e. The van der Waals surface area contributed by atoms with E-state index in [0.717, 1.165) is 36.6 Å². The summed E-state index contributed by atoms with van der Waals surface area (Å²) >= 11 is 0. The molecule has 0 atom stereocenters. The van der Waals surface area contributed by atoms with E-state index in [-0.39, 0.29) is 0 Å². The van der Waals surface area contributed by atoms with E-state index in [1.165, 1.54) is 12.8 Å². The molecule has 0 aliphatic heterocycles. The highest BCUT2D eigenvalue weighted by molar-refractivity contribution is 5.64. The summed E-state index contributed by atoms with van der Waals surface area (Å²) in [4.78, 5) is 9.25. The van der Waals surface area contributed by atoms with Gasteiger partial charge in [0.05, 0.1) is 5.69 Å². The maximum absolute atomic E-state index is 4.66. The molecule has 2 aromatic rings. The Labute approximate surface area is 139 Å². The molecule has 0 saturated heterocycles. The maximum atomic E-state index is 4.66. The van der Waals surface area contributed by atoms with E-state index in [2.05, 4.69) is 53.5 Å². The van der Waals surface area contributed by atoms with Crippen LogP contribution in [0.3, 0.4) is 0 Å². The second-order valence-electron chi connectivity index (χ2n) is 6.24. The summed E-state index contributed by atoms with van der Waals surface area (Å²) in [6, 6.07) is 12.3. The molecule has 0 unspecified atom stereocenters. The highest BCUT2D eigenvalue weighted by atomic mass is 15.1. The van der Waals surface area contributed by atoms with Crippen LogP contribution in [0.5, 0.6) is 0 Å². The van der Waals surface area contributed by atoms with E-state index in [4.69, 9.17) is 0 Å². The zero-order valence-electron chi connectivity index (χ0n) is 14.5. The number of rotatable bonds is 9. The molecule has 0 bridgehead atoms. The molecule has 1 heterocycles. The monoisotopic (exact) mass is 312 g/mol. The molecule has 0 amide bonds. The van der Waals surface area contributed by atoms with E-state index >= 15 is 0 Å². The number of aromatic nitrogens is 2. The molecular weight excluding hydrogens is 284 g/mol. The molecule has 1 aromatic heterocycles. The van der Waals surface area contributed by atoms with Gasteiger partial charge in [-0.2, -0.15) is 4.98 Å². The van der Waals surface area contributed by atoms with Crippen molar-refractivity contribution in [3.8, 4) is 11.3 Å². The first-order valence-corrected chi connectivity index (χ1v) is 8.61. The third-order valence-corrected chi connectivity index (χ3v) is 3.55. The molecule has 4 nitrogen and oxygen atoms in total. The van der Waals surface area contributed by atoms with Gasteiger partial charge in [-0.1, -0.05) is 63.9 Å². The van der Waals surface area contributed by atoms with Crippen molar-refractivity contribution in [1.82, 2.24) is 9.97 Å². The average molecular weight is 312 g/mol. The second kappa shape index (κ2) is 9.13. The van der Waals surface area contributed by atoms with Crippen LogP contribution in [0.1, 0.15) is 40.0 Å². The van der Waals surface area contributed by atoms with Gasteiger partial charge in [-0.15, -0.1) is 0 Å². The van der Waals surface area contributed by atoms with Crippen molar-refractivity contribution in [1.29, 1.82) is 0 Å². The fourth-order valence-electron chi connectivity index (χ4n) is 2.26. The smallest absolute Gasteiger partial charge is 0.225 e. The predicted molar refractivity (Wildman–Crippen MR) is 98.8 cm³/mol. The minimum absolute atomic E-state index is 0.556. The van der Waals surface area contributed by atoms with Gasteiger partial charge in [0, 0.05) is 24.7 Å². The molecule has 0 fully saturated rings. The minimum Gasteiger partial charge on any atom is -0.370 e. The fraction of sp³-hybridized carbons (Fsp3) is 0.474. The largest absolute Gasteiger partial charge is 0.370 e. The van der Waals surface area contributed by atoms with Crippen molar-refractivity contribution in [2.24, 2.45) is 5.92 Å². The lowest BCUT2D eigenvalue weighted by Crippen LogP contribution is -2.12. The molecule has 124 valence electrons. The first kappa shape index (κ1) is 17.3. The van der Waals surface area contributed by atoms with Crippen LogP contribution in [0.25, 0.3) is 11.3 Å². The average Bonchev–Trinajstić information content (AvgIpc) is 2.57. The molecule has 2 rings (SSSR count). The van der Waals surface area contributed by atoms with Crippen LogP contribution in [0, 0.1) is 5.92 Å². The van der Waals surface area contributed by atoms with Crippen LogP contribution in [-0.4, -0.2) is 23.1 Å². The summed E-state index contributed by atoms with van der Waals surface area (Å²) in [6.07, 6.45) is 3.62. The van der Waals surface area contributed by atoms with Gasteiger partial charge < -0.3 is 10.6 Å². The Kier molecular flexibility index (Phi) is 6.85.